The van der Waals surface area contributed by atoms with E-state index in [9.17, 15) is 19.0 Å². The van der Waals surface area contributed by atoms with E-state index in [-0.39, 0.29) is 13.0 Å². The summed E-state index contributed by atoms with van der Waals surface area (Å²) in [6, 6.07) is -1.48. The molecule has 0 aliphatic heterocycles. The maximum atomic E-state index is 12.7. The van der Waals surface area contributed by atoms with Gasteiger partial charge in [-0.3, -0.25) is 18.6 Å². The van der Waals surface area contributed by atoms with Gasteiger partial charge in [0.1, 0.15) is 12.1 Å². The SMILES string of the molecule is CCCCCC/C=C\C/C=C\CCCCCCCCOCC(COP(=O)(O)OCC(N)C(=O)O)OC(=O)CCCCCCCCCCC/C=C\CCCCCCCCCC. The van der Waals surface area contributed by atoms with Gasteiger partial charge in [0.05, 0.1) is 19.8 Å². The number of rotatable bonds is 47. The van der Waals surface area contributed by atoms with Crippen LogP contribution in [-0.2, 0) is 32.7 Å². The van der Waals surface area contributed by atoms with Gasteiger partial charge in [-0.05, 0) is 70.6 Å². The van der Waals surface area contributed by atoms with Crippen LogP contribution in [0.2, 0.25) is 0 Å². The fourth-order valence-electron chi connectivity index (χ4n) is 6.81. The van der Waals surface area contributed by atoms with Crippen LogP contribution < -0.4 is 5.73 Å². The minimum absolute atomic E-state index is 0.0103. The third-order valence-electron chi connectivity index (χ3n) is 10.6. The van der Waals surface area contributed by atoms with Gasteiger partial charge in [0, 0.05) is 13.0 Å². The molecule has 352 valence electrons. The molecule has 10 nitrogen and oxygen atoms in total. The number of ether oxygens (including phenoxy) is 2. The summed E-state index contributed by atoms with van der Waals surface area (Å²) in [4.78, 5) is 33.6. The summed E-state index contributed by atoms with van der Waals surface area (Å²) in [5.74, 6) is -1.78. The lowest BCUT2D eigenvalue weighted by Crippen LogP contribution is -2.34. The molecule has 0 aromatic heterocycles. The zero-order valence-corrected chi connectivity index (χ0v) is 39.5. The first-order valence-electron chi connectivity index (χ1n) is 24.5. The van der Waals surface area contributed by atoms with Crippen LogP contribution in [0.5, 0.6) is 0 Å². The molecule has 0 aromatic rings. The minimum atomic E-state index is -4.62. The number of phosphoric acid groups is 1. The average molecular weight is 870 g/mol. The highest BCUT2D eigenvalue weighted by Gasteiger charge is 2.27. The lowest BCUT2D eigenvalue weighted by Gasteiger charge is -2.20. The van der Waals surface area contributed by atoms with Crippen molar-refractivity contribution in [3.63, 3.8) is 0 Å². The quantitative estimate of drug-likeness (QED) is 0.0233. The Morgan fingerprint density at radius 2 is 0.917 bits per heavy atom. The second-order valence-corrected chi connectivity index (χ2v) is 18.0. The molecule has 0 amide bonds. The number of hydrogen-bond acceptors (Lipinski definition) is 8. The third-order valence-corrected chi connectivity index (χ3v) is 11.6. The molecule has 0 rings (SSSR count). The number of carbonyl (C=O) groups excluding carboxylic acids is 1. The van der Waals surface area contributed by atoms with E-state index in [0.29, 0.717) is 13.0 Å². The van der Waals surface area contributed by atoms with E-state index in [1.807, 2.05) is 0 Å². The molecule has 3 unspecified atom stereocenters. The van der Waals surface area contributed by atoms with E-state index in [1.54, 1.807) is 0 Å². The van der Waals surface area contributed by atoms with E-state index in [0.717, 1.165) is 51.4 Å². The number of allylic oxidation sites excluding steroid dienone is 6. The van der Waals surface area contributed by atoms with Gasteiger partial charge >= 0.3 is 19.8 Å². The molecule has 0 aliphatic rings. The van der Waals surface area contributed by atoms with Crippen LogP contribution in [0.15, 0.2) is 36.5 Å². The molecule has 3 atom stereocenters. The summed E-state index contributed by atoms with van der Waals surface area (Å²) >= 11 is 0. The molecular formula is C49H92NO9P. The van der Waals surface area contributed by atoms with E-state index < -0.39 is 45.1 Å². The summed E-state index contributed by atoms with van der Waals surface area (Å²) in [6.45, 7) is 3.86. The predicted molar refractivity (Wildman–Crippen MR) is 249 cm³/mol. The van der Waals surface area contributed by atoms with Gasteiger partial charge in [-0.25, -0.2) is 4.57 Å². The molecule has 0 saturated carbocycles. The molecule has 0 spiro atoms. The highest BCUT2D eigenvalue weighted by atomic mass is 31.2. The highest BCUT2D eigenvalue weighted by Crippen LogP contribution is 2.43. The number of aliphatic carboxylic acids is 1. The standard InChI is InChI=1S/C49H92NO9P/c1-3-5-7-9-11-13-15-17-19-21-22-23-24-25-27-29-31-33-35-37-39-41-48(51)59-46(44-57-60(54,55)58-45-47(50)49(52)53)43-56-42-40-38-36-34-32-30-28-26-20-18-16-14-12-10-8-6-4-2/h14,16,20-22,26,46-47H,3-13,15,17-19,23-25,27-45,50H2,1-2H3,(H,52,53)(H,54,55)/b16-14-,22-21-,26-20-. The summed E-state index contributed by atoms with van der Waals surface area (Å²) in [5.41, 5.74) is 5.37. The van der Waals surface area contributed by atoms with Crippen molar-refractivity contribution >= 4 is 19.8 Å². The number of carbonyl (C=O) groups is 2. The number of hydrogen-bond donors (Lipinski definition) is 3. The van der Waals surface area contributed by atoms with E-state index in [2.05, 4.69) is 50.3 Å². The van der Waals surface area contributed by atoms with Gasteiger partial charge in [-0.2, -0.15) is 0 Å². The number of carboxylic acid groups (broad SMARTS) is 1. The maximum Gasteiger partial charge on any atom is 0.472 e. The lowest BCUT2D eigenvalue weighted by molar-refractivity contribution is -0.154. The molecule has 0 aromatic carbocycles. The van der Waals surface area contributed by atoms with Crippen LogP contribution in [-0.4, -0.2) is 60.5 Å². The Balaban J connectivity index is 4.17. The van der Waals surface area contributed by atoms with Crippen molar-refractivity contribution < 1.29 is 42.7 Å². The second kappa shape index (κ2) is 45.2. The van der Waals surface area contributed by atoms with Crippen LogP contribution in [0.4, 0.5) is 0 Å². The van der Waals surface area contributed by atoms with Crippen molar-refractivity contribution in [3.8, 4) is 0 Å². The molecule has 0 heterocycles. The Hall–Kier alpha value is -1.81. The van der Waals surface area contributed by atoms with Gasteiger partial charge in [0.2, 0.25) is 0 Å². The highest BCUT2D eigenvalue weighted by molar-refractivity contribution is 7.47. The Bertz CT molecular complexity index is 1100. The van der Waals surface area contributed by atoms with Gasteiger partial charge in [0.25, 0.3) is 0 Å². The van der Waals surface area contributed by atoms with Crippen molar-refractivity contribution in [1.82, 2.24) is 0 Å². The van der Waals surface area contributed by atoms with Gasteiger partial charge in [-0.1, -0.05) is 185 Å². The first-order chi connectivity index (χ1) is 29.2. The van der Waals surface area contributed by atoms with Crippen LogP contribution >= 0.6 is 7.82 Å². The molecule has 0 fully saturated rings. The van der Waals surface area contributed by atoms with Crippen molar-refractivity contribution in [2.24, 2.45) is 5.73 Å². The molecule has 0 bridgehead atoms. The number of esters is 1. The van der Waals surface area contributed by atoms with Crippen molar-refractivity contribution in [1.29, 1.82) is 0 Å². The lowest BCUT2D eigenvalue weighted by atomic mass is 10.1. The van der Waals surface area contributed by atoms with E-state index in [1.165, 1.54) is 148 Å². The van der Waals surface area contributed by atoms with Crippen LogP contribution in [0.3, 0.4) is 0 Å². The number of carboxylic acids is 1. The van der Waals surface area contributed by atoms with Crippen molar-refractivity contribution in [3.05, 3.63) is 36.5 Å². The minimum Gasteiger partial charge on any atom is -0.480 e. The Morgan fingerprint density at radius 3 is 1.38 bits per heavy atom. The second-order valence-electron chi connectivity index (χ2n) is 16.6. The fourth-order valence-corrected chi connectivity index (χ4v) is 7.58. The van der Waals surface area contributed by atoms with Crippen molar-refractivity contribution in [2.75, 3.05) is 26.4 Å². The largest absolute Gasteiger partial charge is 0.480 e. The molecule has 4 N–H and O–H groups in total. The monoisotopic (exact) mass is 870 g/mol. The summed E-state index contributed by atoms with van der Waals surface area (Å²) in [6.07, 6.45) is 51.9. The third kappa shape index (κ3) is 44.3. The van der Waals surface area contributed by atoms with Gasteiger partial charge in [0.15, 0.2) is 0 Å². The smallest absolute Gasteiger partial charge is 0.472 e. The molecule has 11 heteroatoms. The number of nitrogens with two attached hydrogens (primary N) is 1. The maximum absolute atomic E-state index is 12.7. The zero-order valence-electron chi connectivity index (χ0n) is 38.6. The fraction of sp³-hybridized carbons (Fsp3) is 0.837. The summed E-state index contributed by atoms with van der Waals surface area (Å²) in [7, 11) is -4.62. The first-order valence-corrected chi connectivity index (χ1v) is 26.0. The molecular weight excluding hydrogens is 778 g/mol. The van der Waals surface area contributed by atoms with E-state index >= 15 is 0 Å². The van der Waals surface area contributed by atoms with Gasteiger partial charge < -0.3 is 25.2 Å². The number of unbranched alkanes of at least 4 members (excludes halogenated alkanes) is 27. The summed E-state index contributed by atoms with van der Waals surface area (Å²) < 4.78 is 33.4. The average Bonchev–Trinajstić information content (AvgIpc) is 3.23. The van der Waals surface area contributed by atoms with Crippen LogP contribution in [0.1, 0.15) is 226 Å². The molecule has 0 radical (unpaired) electrons. The Kier molecular flexibility index (Phi) is 43.9. The first kappa shape index (κ1) is 58.2. The van der Waals surface area contributed by atoms with Crippen LogP contribution in [0, 0.1) is 0 Å². The predicted octanol–water partition coefficient (Wildman–Crippen LogP) is 14.0. The van der Waals surface area contributed by atoms with Crippen molar-refractivity contribution in [2.45, 2.75) is 238 Å². The molecule has 60 heavy (non-hydrogen) atoms. The topological polar surface area (TPSA) is 155 Å². The Labute approximate surface area is 367 Å². The number of phosphoric ester groups is 1. The van der Waals surface area contributed by atoms with E-state index in [4.69, 9.17) is 29.4 Å². The normalized spacial score (nSPS) is 14.1. The van der Waals surface area contributed by atoms with Gasteiger partial charge in [-0.15, -0.1) is 0 Å². The Morgan fingerprint density at radius 1 is 0.533 bits per heavy atom. The summed E-state index contributed by atoms with van der Waals surface area (Å²) in [5, 5.41) is 8.92. The van der Waals surface area contributed by atoms with Crippen LogP contribution in [0.25, 0.3) is 0 Å². The molecule has 0 aliphatic carbocycles. The molecule has 0 saturated heterocycles. The zero-order chi connectivity index (χ0) is 44.0.